The third-order valence-corrected chi connectivity index (χ3v) is 3.68. The number of Topliss-reactive ketones (excluding diaryl/α,β-unsaturated/α-hetero) is 2. The van der Waals surface area contributed by atoms with Crippen LogP contribution >= 0.6 is 0 Å². The van der Waals surface area contributed by atoms with E-state index in [1.54, 1.807) is 0 Å². The van der Waals surface area contributed by atoms with Crippen molar-refractivity contribution in [1.29, 1.82) is 0 Å². The van der Waals surface area contributed by atoms with Gasteiger partial charge in [0.25, 0.3) is 0 Å². The van der Waals surface area contributed by atoms with Crippen LogP contribution in [-0.4, -0.2) is 36.0 Å². The minimum absolute atomic E-state index is 0.116. The molecule has 0 fully saturated rings. The van der Waals surface area contributed by atoms with Gasteiger partial charge in [-0.15, -0.1) is 0 Å². The van der Waals surface area contributed by atoms with Gasteiger partial charge in [-0.1, -0.05) is 0 Å². The molecule has 126 valence electrons. The molecule has 0 aliphatic heterocycles. The van der Waals surface area contributed by atoms with Crippen LogP contribution in [0.25, 0.3) is 11.1 Å². The first-order valence-corrected chi connectivity index (χ1v) is 7.14. The molecule has 2 aromatic carbocycles. The van der Waals surface area contributed by atoms with Gasteiger partial charge in [-0.25, -0.2) is 0 Å². The molecule has 0 aliphatic carbocycles. The molecule has 0 amide bonds. The highest BCUT2D eigenvalue weighted by Crippen LogP contribution is 2.42. The number of benzene rings is 2. The summed E-state index contributed by atoms with van der Waals surface area (Å²) in [6.07, 6.45) is 0. The van der Waals surface area contributed by atoms with Crippen molar-refractivity contribution in [1.82, 2.24) is 0 Å². The van der Waals surface area contributed by atoms with Crippen molar-refractivity contribution in [3.8, 4) is 34.1 Å². The lowest BCUT2D eigenvalue weighted by Crippen LogP contribution is -2.00. The molecule has 0 spiro atoms. The molecule has 0 atom stereocenters. The molecule has 0 heterocycles. The number of carbonyl (C=O) groups is 2. The average molecular weight is 330 g/mol. The van der Waals surface area contributed by atoms with Crippen molar-refractivity contribution < 1.29 is 29.3 Å². The largest absolute Gasteiger partial charge is 0.507 e. The SMILES string of the molecule is COc1cc(O)c(C(C)=O)cc1-c1cc(C(C)=O)c(O)cc1OC. The number of rotatable bonds is 5. The van der Waals surface area contributed by atoms with Crippen LogP contribution in [0, 0.1) is 0 Å². The summed E-state index contributed by atoms with van der Waals surface area (Å²) >= 11 is 0. The maximum atomic E-state index is 11.7. The van der Waals surface area contributed by atoms with Crippen molar-refractivity contribution in [2.75, 3.05) is 14.2 Å². The molecular formula is C18H18O6. The number of hydrogen-bond acceptors (Lipinski definition) is 6. The Bertz CT molecular complexity index is 753. The molecule has 0 saturated heterocycles. The van der Waals surface area contributed by atoms with Crippen LogP contribution in [0.15, 0.2) is 24.3 Å². The monoisotopic (exact) mass is 330 g/mol. The summed E-state index contributed by atoms with van der Waals surface area (Å²) < 4.78 is 10.5. The van der Waals surface area contributed by atoms with Crippen LogP contribution in [0.1, 0.15) is 34.6 Å². The van der Waals surface area contributed by atoms with E-state index in [-0.39, 0.29) is 34.2 Å². The van der Waals surface area contributed by atoms with Crippen LogP contribution in [0.2, 0.25) is 0 Å². The highest BCUT2D eigenvalue weighted by Gasteiger charge is 2.20. The number of ether oxygens (including phenoxy) is 2. The molecule has 0 radical (unpaired) electrons. The average Bonchev–Trinajstić information content (AvgIpc) is 2.53. The molecular weight excluding hydrogens is 312 g/mol. The van der Waals surface area contributed by atoms with Crippen molar-refractivity contribution >= 4 is 11.6 Å². The fourth-order valence-corrected chi connectivity index (χ4v) is 2.46. The fourth-order valence-electron chi connectivity index (χ4n) is 2.46. The summed E-state index contributed by atoms with van der Waals surface area (Å²) in [5.41, 5.74) is 1.15. The van der Waals surface area contributed by atoms with Gasteiger partial charge >= 0.3 is 0 Å². The number of hydrogen-bond donors (Lipinski definition) is 2. The van der Waals surface area contributed by atoms with E-state index in [1.807, 2.05) is 0 Å². The Labute approximate surface area is 139 Å². The van der Waals surface area contributed by atoms with Crippen LogP contribution in [0.5, 0.6) is 23.0 Å². The second-order valence-corrected chi connectivity index (χ2v) is 5.25. The molecule has 24 heavy (non-hydrogen) atoms. The van der Waals surface area contributed by atoms with Gasteiger partial charge in [0.1, 0.15) is 23.0 Å². The topological polar surface area (TPSA) is 93.1 Å². The molecule has 0 unspecified atom stereocenters. The predicted molar refractivity (Wildman–Crippen MR) is 88.3 cm³/mol. The van der Waals surface area contributed by atoms with E-state index in [0.29, 0.717) is 22.6 Å². The fraction of sp³-hybridized carbons (Fsp3) is 0.222. The first-order chi connectivity index (χ1) is 11.3. The van der Waals surface area contributed by atoms with Crippen molar-refractivity contribution in [3.63, 3.8) is 0 Å². The first-order valence-electron chi connectivity index (χ1n) is 7.14. The van der Waals surface area contributed by atoms with Crippen molar-refractivity contribution in [3.05, 3.63) is 35.4 Å². The quantitative estimate of drug-likeness (QED) is 0.818. The van der Waals surface area contributed by atoms with Crippen molar-refractivity contribution in [2.24, 2.45) is 0 Å². The minimum Gasteiger partial charge on any atom is -0.507 e. The van der Waals surface area contributed by atoms with E-state index in [0.717, 1.165) is 0 Å². The predicted octanol–water partition coefficient (Wildman–Crippen LogP) is 3.19. The Balaban J connectivity index is 2.83. The van der Waals surface area contributed by atoms with E-state index in [4.69, 9.17) is 9.47 Å². The number of ketones is 2. The van der Waals surface area contributed by atoms with Gasteiger partial charge in [-0.3, -0.25) is 9.59 Å². The van der Waals surface area contributed by atoms with E-state index in [2.05, 4.69) is 0 Å². The Morgan fingerprint density at radius 3 is 1.33 bits per heavy atom. The molecule has 2 N–H and O–H groups in total. The number of aromatic hydroxyl groups is 2. The van der Waals surface area contributed by atoms with Crippen LogP contribution in [-0.2, 0) is 0 Å². The Morgan fingerprint density at radius 2 is 1.08 bits per heavy atom. The van der Waals surface area contributed by atoms with Gasteiger partial charge < -0.3 is 19.7 Å². The third-order valence-electron chi connectivity index (χ3n) is 3.68. The van der Waals surface area contributed by atoms with E-state index in [9.17, 15) is 19.8 Å². The summed E-state index contributed by atoms with van der Waals surface area (Å²) in [4.78, 5) is 23.4. The lowest BCUT2D eigenvalue weighted by molar-refractivity contribution is 0.100. The van der Waals surface area contributed by atoms with Gasteiger partial charge in [0.2, 0.25) is 0 Å². The maximum Gasteiger partial charge on any atom is 0.163 e. The lowest BCUT2D eigenvalue weighted by Gasteiger charge is -2.16. The number of methoxy groups -OCH3 is 2. The van der Waals surface area contributed by atoms with Crippen LogP contribution < -0.4 is 9.47 Å². The third kappa shape index (κ3) is 3.03. The van der Waals surface area contributed by atoms with Crippen molar-refractivity contribution in [2.45, 2.75) is 13.8 Å². The summed E-state index contributed by atoms with van der Waals surface area (Å²) in [6.45, 7) is 2.67. The van der Waals surface area contributed by atoms with Gasteiger partial charge in [0.15, 0.2) is 11.6 Å². The maximum absolute atomic E-state index is 11.7. The number of carbonyl (C=O) groups excluding carboxylic acids is 2. The van der Waals surface area contributed by atoms with E-state index in [1.165, 1.54) is 52.3 Å². The molecule has 0 saturated carbocycles. The van der Waals surface area contributed by atoms with Crippen LogP contribution in [0.3, 0.4) is 0 Å². The standard InChI is InChI=1S/C18H18O6/c1-9(19)11-5-13(17(23-3)7-15(11)21)14-6-12(10(2)20)16(22)8-18(14)24-4/h5-8,21-22H,1-4H3. The zero-order valence-corrected chi connectivity index (χ0v) is 13.8. The molecule has 6 nitrogen and oxygen atoms in total. The summed E-state index contributed by atoms with van der Waals surface area (Å²) in [5, 5.41) is 19.9. The number of phenols is 2. The highest BCUT2D eigenvalue weighted by atomic mass is 16.5. The molecule has 2 aromatic rings. The normalized spacial score (nSPS) is 10.3. The highest BCUT2D eigenvalue weighted by molar-refractivity contribution is 6.01. The Hall–Kier alpha value is -3.02. The minimum atomic E-state index is -0.319. The van der Waals surface area contributed by atoms with E-state index >= 15 is 0 Å². The zero-order chi connectivity index (χ0) is 18.0. The molecule has 0 aromatic heterocycles. The number of phenolic OH excluding ortho intramolecular Hbond substituents is 2. The second-order valence-electron chi connectivity index (χ2n) is 5.25. The smallest absolute Gasteiger partial charge is 0.163 e. The van der Waals surface area contributed by atoms with Gasteiger partial charge in [0, 0.05) is 23.3 Å². The summed E-state index contributed by atoms with van der Waals surface area (Å²) in [7, 11) is 2.84. The first kappa shape index (κ1) is 17.3. The molecule has 0 bridgehead atoms. The zero-order valence-electron chi connectivity index (χ0n) is 13.8. The lowest BCUT2D eigenvalue weighted by atomic mass is 9.96. The Kier molecular flexibility index (Phi) is 4.78. The van der Waals surface area contributed by atoms with E-state index < -0.39 is 0 Å². The van der Waals surface area contributed by atoms with Gasteiger partial charge in [-0.05, 0) is 26.0 Å². The van der Waals surface area contributed by atoms with Crippen LogP contribution in [0.4, 0.5) is 0 Å². The molecule has 0 aliphatic rings. The van der Waals surface area contributed by atoms with Gasteiger partial charge in [-0.2, -0.15) is 0 Å². The summed E-state index contributed by atoms with van der Waals surface area (Å²) in [5.74, 6) is -0.436. The summed E-state index contributed by atoms with van der Waals surface area (Å²) in [6, 6.07) is 5.59. The Morgan fingerprint density at radius 1 is 0.750 bits per heavy atom. The molecule has 2 rings (SSSR count). The second kappa shape index (κ2) is 6.62. The molecule has 6 heteroatoms. The van der Waals surface area contributed by atoms with Gasteiger partial charge in [0.05, 0.1) is 25.3 Å².